The predicted octanol–water partition coefficient (Wildman–Crippen LogP) is 0.354. The Labute approximate surface area is 68.3 Å². The number of rotatable bonds is 2. The van der Waals surface area contributed by atoms with Crippen LogP contribution in [0.4, 0.5) is 13.2 Å². The molecular formula is C6H11F3N2O. The summed E-state index contributed by atoms with van der Waals surface area (Å²) in [6.07, 6.45) is -4.36. The van der Waals surface area contributed by atoms with Gasteiger partial charge < -0.3 is 10.6 Å². The van der Waals surface area contributed by atoms with Crippen molar-refractivity contribution in [1.82, 2.24) is 4.90 Å². The van der Waals surface area contributed by atoms with E-state index in [1.54, 1.807) is 0 Å². The lowest BCUT2D eigenvalue weighted by atomic mass is 10.3. The topological polar surface area (TPSA) is 46.3 Å². The van der Waals surface area contributed by atoms with Crippen LogP contribution in [0.5, 0.6) is 0 Å². The maximum atomic E-state index is 11.7. The Hall–Kier alpha value is -0.780. The molecule has 0 rings (SSSR count). The van der Waals surface area contributed by atoms with Gasteiger partial charge in [0, 0.05) is 7.05 Å². The number of carbonyl (C=O) groups excluding carboxylic acids is 1. The minimum Gasteiger partial charge on any atom is -0.335 e. The Morgan fingerprint density at radius 1 is 1.58 bits per heavy atom. The number of alkyl halides is 3. The van der Waals surface area contributed by atoms with Crippen molar-refractivity contribution in [2.24, 2.45) is 5.73 Å². The fourth-order valence-corrected chi connectivity index (χ4v) is 0.694. The van der Waals surface area contributed by atoms with E-state index in [4.69, 9.17) is 5.73 Å². The lowest BCUT2D eigenvalue weighted by Crippen LogP contribution is -2.43. The first kappa shape index (κ1) is 11.2. The van der Waals surface area contributed by atoms with Crippen molar-refractivity contribution < 1.29 is 18.0 Å². The molecule has 0 aromatic rings. The van der Waals surface area contributed by atoms with Crippen LogP contribution in [-0.4, -0.2) is 36.6 Å². The maximum Gasteiger partial charge on any atom is 0.406 e. The number of hydrogen-bond donors (Lipinski definition) is 1. The van der Waals surface area contributed by atoms with E-state index in [0.717, 1.165) is 7.05 Å². The first-order valence-corrected chi connectivity index (χ1v) is 3.31. The number of likely N-dealkylation sites (N-methyl/N-ethyl adjacent to an activating group) is 1. The average Bonchev–Trinajstić information content (AvgIpc) is 1.82. The molecule has 0 saturated heterocycles. The van der Waals surface area contributed by atoms with Crippen LogP contribution >= 0.6 is 0 Å². The van der Waals surface area contributed by atoms with E-state index >= 15 is 0 Å². The summed E-state index contributed by atoms with van der Waals surface area (Å²) in [6, 6.07) is -0.891. The Balaban J connectivity index is 4.05. The van der Waals surface area contributed by atoms with Gasteiger partial charge in [-0.25, -0.2) is 0 Å². The van der Waals surface area contributed by atoms with Gasteiger partial charge in [-0.3, -0.25) is 4.79 Å². The number of hydrogen-bond acceptors (Lipinski definition) is 2. The summed E-state index contributed by atoms with van der Waals surface area (Å²) in [5.74, 6) is -0.715. The van der Waals surface area contributed by atoms with Crippen LogP contribution in [0.1, 0.15) is 6.92 Å². The van der Waals surface area contributed by atoms with E-state index in [2.05, 4.69) is 0 Å². The smallest absolute Gasteiger partial charge is 0.335 e. The van der Waals surface area contributed by atoms with Crippen LogP contribution in [0.3, 0.4) is 0 Å². The third-order valence-corrected chi connectivity index (χ3v) is 1.18. The zero-order valence-electron chi connectivity index (χ0n) is 6.85. The molecule has 3 nitrogen and oxygen atoms in total. The van der Waals surface area contributed by atoms with Crippen molar-refractivity contribution in [2.75, 3.05) is 13.6 Å². The summed E-state index contributed by atoms with van der Waals surface area (Å²) in [6.45, 7) is 0.0859. The van der Waals surface area contributed by atoms with Gasteiger partial charge in [-0.2, -0.15) is 13.2 Å². The molecule has 6 heteroatoms. The van der Waals surface area contributed by atoms with Gasteiger partial charge in [-0.1, -0.05) is 0 Å². The van der Waals surface area contributed by atoms with Crippen LogP contribution in [0.15, 0.2) is 0 Å². The molecule has 0 aromatic carbocycles. The second-order valence-corrected chi connectivity index (χ2v) is 2.60. The lowest BCUT2D eigenvalue weighted by molar-refractivity contribution is -0.158. The Morgan fingerprint density at radius 2 is 2.00 bits per heavy atom. The van der Waals surface area contributed by atoms with Gasteiger partial charge >= 0.3 is 6.18 Å². The second kappa shape index (κ2) is 3.75. The molecule has 0 heterocycles. The standard InChI is InChI=1S/C6H11F3N2O/c1-4(10)5(12)11(2)3-6(7,8)9/h4H,3,10H2,1-2H3/t4-/m1/s1. The van der Waals surface area contributed by atoms with Crippen molar-refractivity contribution in [1.29, 1.82) is 0 Å². The number of amides is 1. The van der Waals surface area contributed by atoms with E-state index < -0.39 is 24.7 Å². The van der Waals surface area contributed by atoms with Gasteiger partial charge in [0.2, 0.25) is 5.91 Å². The van der Waals surface area contributed by atoms with E-state index in [0.29, 0.717) is 4.90 Å². The van der Waals surface area contributed by atoms with Crippen molar-refractivity contribution in [3.05, 3.63) is 0 Å². The zero-order chi connectivity index (χ0) is 9.94. The monoisotopic (exact) mass is 184 g/mol. The minimum absolute atomic E-state index is 0.560. The summed E-state index contributed by atoms with van der Waals surface area (Å²) >= 11 is 0. The molecule has 0 radical (unpaired) electrons. The van der Waals surface area contributed by atoms with Gasteiger partial charge in [-0.05, 0) is 6.92 Å². The van der Waals surface area contributed by atoms with Gasteiger partial charge in [0.25, 0.3) is 0 Å². The van der Waals surface area contributed by atoms with Gasteiger partial charge in [-0.15, -0.1) is 0 Å². The van der Waals surface area contributed by atoms with E-state index in [1.807, 2.05) is 0 Å². The Bertz CT molecular complexity index is 167. The minimum atomic E-state index is -4.36. The zero-order valence-corrected chi connectivity index (χ0v) is 6.85. The highest BCUT2D eigenvalue weighted by Gasteiger charge is 2.31. The third-order valence-electron chi connectivity index (χ3n) is 1.18. The van der Waals surface area contributed by atoms with Crippen LogP contribution in [0.25, 0.3) is 0 Å². The van der Waals surface area contributed by atoms with Crippen molar-refractivity contribution in [3.8, 4) is 0 Å². The predicted molar refractivity (Wildman–Crippen MR) is 37.3 cm³/mol. The first-order valence-electron chi connectivity index (χ1n) is 3.31. The van der Waals surface area contributed by atoms with Crippen LogP contribution in [0, 0.1) is 0 Å². The molecule has 0 bridgehead atoms. The number of halogens is 3. The molecule has 72 valence electrons. The Kier molecular flexibility index (Phi) is 3.51. The molecule has 0 unspecified atom stereocenters. The summed E-state index contributed by atoms with van der Waals surface area (Å²) < 4.78 is 35.1. The number of nitrogens with zero attached hydrogens (tertiary/aromatic N) is 1. The lowest BCUT2D eigenvalue weighted by Gasteiger charge is -2.20. The van der Waals surface area contributed by atoms with Crippen molar-refractivity contribution in [3.63, 3.8) is 0 Å². The van der Waals surface area contributed by atoms with Crippen molar-refractivity contribution >= 4 is 5.91 Å². The third kappa shape index (κ3) is 4.17. The molecular weight excluding hydrogens is 173 g/mol. The van der Waals surface area contributed by atoms with E-state index in [9.17, 15) is 18.0 Å². The second-order valence-electron chi connectivity index (χ2n) is 2.60. The van der Waals surface area contributed by atoms with Crippen LogP contribution < -0.4 is 5.73 Å². The van der Waals surface area contributed by atoms with Crippen molar-refractivity contribution in [2.45, 2.75) is 19.1 Å². The average molecular weight is 184 g/mol. The molecule has 0 aromatic heterocycles. The van der Waals surface area contributed by atoms with Crippen LogP contribution in [-0.2, 0) is 4.79 Å². The highest BCUT2D eigenvalue weighted by atomic mass is 19.4. The molecule has 2 N–H and O–H groups in total. The largest absolute Gasteiger partial charge is 0.406 e. The quantitative estimate of drug-likeness (QED) is 0.673. The molecule has 0 aliphatic carbocycles. The molecule has 0 fully saturated rings. The summed E-state index contributed by atoms with van der Waals surface area (Å²) in [7, 11) is 1.07. The van der Waals surface area contributed by atoms with E-state index in [-0.39, 0.29) is 0 Å². The molecule has 12 heavy (non-hydrogen) atoms. The Morgan fingerprint density at radius 3 is 2.25 bits per heavy atom. The van der Waals surface area contributed by atoms with Crippen LogP contribution in [0.2, 0.25) is 0 Å². The van der Waals surface area contributed by atoms with E-state index in [1.165, 1.54) is 6.92 Å². The molecule has 1 amide bonds. The maximum absolute atomic E-state index is 11.7. The highest BCUT2D eigenvalue weighted by molar-refractivity contribution is 5.80. The fourth-order valence-electron chi connectivity index (χ4n) is 0.694. The summed E-state index contributed by atoms with van der Waals surface area (Å²) in [4.78, 5) is 11.4. The van der Waals surface area contributed by atoms with Gasteiger partial charge in [0.05, 0.1) is 6.04 Å². The summed E-state index contributed by atoms with van der Waals surface area (Å²) in [5, 5.41) is 0. The van der Waals surface area contributed by atoms with Gasteiger partial charge in [0.15, 0.2) is 0 Å². The molecule has 1 atom stereocenters. The fraction of sp³-hybridized carbons (Fsp3) is 0.833. The first-order chi connectivity index (χ1) is 5.24. The number of nitrogens with two attached hydrogens (primary N) is 1. The molecule has 0 aliphatic rings. The molecule has 0 aliphatic heterocycles. The summed E-state index contributed by atoms with van der Waals surface area (Å²) in [5.41, 5.74) is 5.10. The van der Waals surface area contributed by atoms with Gasteiger partial charge in [0.1, 0.15) is 6.54 Å². The SMILES string of the molecule is C[C@@H](N)C(=O)N(C)CC(F)(F)F. The normalized spacial score (nSPS) is 14.2. The number of carbonyl (C=O) groups is 1. The molecule has 0 spiro atoms. The molecule has 0 saturated carbocycles. The highest BCUT2D eigenvalue weighted by Crippen LogP contribution is 2.15.